The van der Waals surface area contributed by atoms with Gasteiger partial charge in [-0.25, -0.2) is 4.39 Å². The number of carboxylic acids is 1. The molecule has 110 valence electrons. The van der Waals surface area contributed by atoms with Gasteiger partial charge < -0.3 is 9.84 Å². The Morgan fingerprint density at radius 3 is 2.85 bits per heavy atom. The van der Waals surface area contributed by atoms with Crippen LogP contribution in [0.1, 0.15) is 18.4 Å². The number of nitrogens with zero attached hydrogens (tertiary/aromatic N) is 1. The fourth-order valence-electron chi connectivity index (χ4n) is 2.36. The van der Waals surface area contributed by atoms with Gasteiger partial charge in [-0.2, -0.15) is 8.78 Å². The van der Waals surface area contributed by atoms with Crippen LogP contribution >= 0.6 is 0 Å². The molecule has 0 unspecified atom stereocenters. The van der Waals surface area contributed by atoms with Crippen molar-refractivity contribution in [2.24, 2.45) is 0 Å². The Balaban J connectivity index is 2.06. The van der Waals surface area contributed by atoms with Crippen LogP contribution < -0.4 is 4.74 Å². The number of alkyl halides is 2. The van der Waals surface area contributed by atoms with E-state index in [0.29, 0.717) is 18.5 Å². The molecular weight excluding hydrogens is 275 g/mol. The van der Waals surface area contributed by atoms with Crippen LogP contribution in [0.15, 0.2) is 18.2 Å². The largest absolute Gasteiger partial charge is 0.480 e. The molecule has 1 aliphatic heterocycles. The van der Waals surface area contributed by atoms with Crippen LogP contribution in [-0.2, 0) is 11.3 Å². The summed E-state index contributed by atoms with van der Waals surface area (Å²) in [6.07, 6.45) is 1.33. The van der Waals surface area contributed by atoms with Crippen molar-refractivity contribution in [3.8, 4) is 5.75 Å². The van der Waals surface area contributed by atoms with Crippen molar-refractivity contribution < 1.29 is 27.8 Å². The molecule has 0 saturated carbocycles. The molecule has 0 bridgehead atoms. The van der Waals surface area contributed by atoms with Crippen molar-refractivity contribution in [3.63, 3.8) is 0 Å². The lowest BCUT2D eigenvalue weighted by molar-refractivity contribution is -0.142. The summed E-state index contributed by atoms with van der Waals surface area (Å²) in [5, 5.41) is 9.04. The van der Waals surface area contributed by atoms with Gasteiger partial charge in [0.1, 0.15) is 6.04 Å². The van der Waals surface area contributed by atoms with Gasteiger partial charge in [-0.15, -0.1) is 0 Å². The second-order valence-corrected chi connectivity index (χ2v) is 4.61. The van der Waals surface area contributed by atoms with E-state index in [2.05, 4.69) is 4.74 Å². The minimum atomic E-state index is -3.08. The lowest BCUT2D eigenvalue weighted by Gasteiger charge is -2.21. The zero-order chi connectivity index (χ0) is 14.7. The van der Waals surface area contributed by atoms with E-state index in [1.54, 1.807) is 4.90 Å². The third-order valence-electron chi connectivity index (χ3n) is 3.25. The molecule has 7 heteroatoms. The predicted molar refractivity (Wildman–Crippen MR) is 64.1 cm³/mol. The van der Waals surface area contributed by atoms with Gasteiger partial charge in [-0.3, -0.25) is 9.69 Å². The molecule has 0 aromatic heterocycles. The first-order chi connectivity index (χ1) is 9.47. The summed E-state index contributed by atoms with van der Waals surface area (Å²) in [6, 6.07) is 3.10. The Bertz CT molecular complexity index is 496. The number of carbonyl (C=O) groups is 1. The molecular formula is C13H14F3NO3. The Hall–Kier alpha value is -1.76. The smallest absolute Gasteiger partial charge is 0.387 e. The monoisotopic (exact) mass is 289 g/mol. The Morgan fingerprint density at radius 1 is 1.50 bits per heavy atom. The SMILES string of the molecule is O=C(O)[C@@H]1CCCN1Cc1ccc(OC(F)F)c(F)c1. The van der Waals surface area contributed by atoms with Gasteiger partial charge in [0.2, 0.25) is 0 Å². The first-order valence-electron chi connectivity index (χ1n) is 6.17. The highest BCUT2D eigenvalue weighted by molar-refractivity contribution is 5.73. The summed E-state index contributed by atoms with van der Waals surface area (Å²) in [4.78, 5) is 12.8. The molecule has 20 heavy (non-hydrogen) atoms. The topological polar surface area (TPSA) is 49.8 Å². The van der Waals surface area contributed by atoms with Crippen LogP contribution in [0, 0.1) is 5.82 Å². The zero-order valence-corrected chi connectivity index (χ0v) is 10.6. The van der Waals surface area contributed by atoms with E-state index in [9.17, 15) is 18.0 Å². The van der Waals surface area contributed by atoms with Crippen molar-refractivity contribution in [2.75, 3.05) is 6.54 Å². The predicted octanol–water partition coefficient (Wildman–Crippen LogP) is 2.48. The van der Waals surface area contributed by atoms with Crippen LogP contribution in [0.3, 0.4) is 0 Å². The van der Waals surface area contributed by atoms with Crippen LogP contribution in [0.25, 0.3) is 0 Å². The van der Waals surface area contributed by atoms with Gasteiger partial charge in [-0.05, 0) is 37.1 Å². The van der Waals surface area contributed by atoms with Gasteiger partial charge in [0, 0.05) is 6.54 Å². The first-order valence-corrected chi connectivity index (χ1v) is 6.17. The highest BCUT2D eigenvalue weighted by Gasteiger charge is 2.30. The summed E-state index contributed by atoms with van der Waals surface area (Å²) in [7, 11) is 0. The molecule has 0 spiro atoms. The number of benzene rings is 1. The fourth-order valence-corrected chi connectivity index (χ4v) is 2.36. The number of carboxylic acid groups (broad SMARTS) is 1. The van der Waals surface area contributed by atoms with E-state index in [1.165, 1.54) is 6.07 Å². The van der Waals surface area contributed by atoms with Crippen LogP contribution in [0.4, 0.5) is 13.2 Å². The van der Waals surface area contributed by atoms with Crippen LogP contribution in [0.2, 0.25) is 0 Å². The Labute approximate surface area is 113 Å². The number of rotatable bonds is 5. The third kappa shape index (κ3) is 3.41. The highest BCUT2D eigenvalue weighted by Crippen LogP contribution is 2.24. The normalized spacial score (nSPS) is 19.5. The molecule has 1 aromatic rings. The van der Waals surface area contributed by atoms with Crippen molar-refractivity contribution >= 4 is 5.97 Å². The molecule has 1 aromatic carbocycles. The molecule has 4 nitrogen and oxygen atoms in total. The molecule has 1 fully saturated rings. The number of hydrogen-bond acceptors (Lipinski definition) is 3. The van der Waals surface area contributed by atoms with E-state index in [0.717, 1.165) is 18.6 Å². The summed E-state index contributed by atoms with van der Waals surface area (Å²) >= 11 is 0. The molecule has 1 saturated heterocycles. The molecule has 1 N–H and O–H groups in total. The van der Waals surface area contributed by atoms with Gasteiger partial charge >= 0.3 is 12.6 Å². The third-order valence-corrected chi connectivity index (χ3v) is 3.25. The van der Waals surface area contributed by atoms with Gasteiger partial charge in [0.15, 0.2) is 11.6 Å². The minimum Gasteiger partial charge on any atom is -0.480 e. The van der Waals surface area contributed by atoms with E-state index in [4.69, 9.17) is 5.11 Å². The van der Waals surface area contributed by atoms with Crippen molar-refractivity contribution in [2.45, 2.75) is 32.0 Å². The number of aliphatic carboxylic acids is 1. The number of halogens is 3. The molecule has 0 aliphatic carbocycles. The molecule has 1 aliphatic rings. The maximum atomic E-state index is 13.5. The second-order valence-electron chi connectivity index (χ2n) is 4.61. The van der Waals surface area contributed by atoms with E-state index < -0.39 is 30.2 Å². The van der Waals surface area contributed by atoms with Crippen LogP contribution in [0.5, 0.6) is 5.75 Å². The zero-order valence-electron chi connectivity index (χ0n) is 10.6. The maximum Gasteiger partial charge on any atom is 0.387 e. The number of ether oxygens (including phenoxy) is 1. The molecule has 2 rings (SSSR count). The maximum absolute atomic E-state index is 13.5. The van der Waals surface area contributed by atoms with Crippen molar-refractivity contribution in [1.82, 2.24) is 4.90 Å². The van der Waals surface area contributed by atoms with Gasteiger partial charge in [-0.1, -0.05) is 6.07 Å². The minimum absolute atomic E-state index is 0.267. The first kappa shape index (κ1) is 14.6. The average molecular weight is 289 g/mol. The molecule has 0 amide bonds. The fraction of sp³-hybridized carbons (Fsp3) is 0.462. The molecule has 1 atom stereocenters. The summed E-state index contributed by atoms with van der Waals surface area (Å²) in [5.41, 5.74) is 0.525. The van der Waals surface area contributed by atoms with E-state index in [1.807, 2.05) is 0 Å². The number of likely N-dealkylation sites (tertiary alicyclic amines) is 1. The quantitative estimate of drug-likeness (QED) is 0.904. The van der Waals surface area contributed by atoms with Crippen LogP contribution in [-0.4, -0.2) is 35.2 Å². The number of hydrogen-bond donors (Lipinski definition) is 1. The standard InChI is InChI=1S/C13H14F3NO3/c14-9-6-8(3-4-11(9)20-13(15)16)7-17-5-1-2-10(17)12(18)19/h3-4,6,10,13H,1-2,5,7H2,(H,18,19)/t10-/m0/s1. The second kappa shape index (κ2) is 6.13. The Kier molecular flexibility index (Phi) is 4.49. The average Bonchev–Trinajstić information content (AvgIpc) is 2.80. The molecule has 1 heterocycles. The highest BCUT2D eigenvalue weighted by atomic mass is 19.3. The summed E-state index contributed by atoms with van der Waals surface area (Å²) in [5.74, 6) is -2.30. The van der Waals surface area contributed by atoms with Gasteiger partial charge in [0.05, 0.1) is 0 Å². The van der Waals surface area contributed by atoms with E-state index >= 15 is 0 Å². The Morgan fingerprint density at radius 2 is 2.25 bits per heavy atom. The van der Waals surface area contributed by atoms with Gasteiger partial charge in [0.25, 0.3) is 0 Å². The lowest BCUT2D eigenvalue weighted by Crippen LogP contribution is -2.35. The van der Waals surface area contributed by atoms with E-state index in [-0.39, 0.29) is 6.54 Å². The molecule has 0 radical (unpaired) electrons. The van der Waals surface area contributed by atoms with Crippen molar-refractivity contribution in [1.29, 1.82) is 0 Å². The summed E-state index contributed by atoms with van der Waals surface area (Å²) < 4.78 is 41.6. The van der Waals surface area contributed by atoms with Crippen molar-refractivity contribution in [3.05, 3.63) is 29.6 Å². The lowest BCUT2D eigenvalue weighted by atomic mass is 10.1. The summed E-state index contributed by atoms with van der Waals surface area (Å²) in [6.45, 7) is -2.19.